The zero-order valence-corrected chi connectivity index (χ0v) is 14.9. The van der Waals surface area contributed by atoms with Crippen molar-refractivity contribution in [1.29, 1.82) is 0 Å². The lowest BCUT2D eigenvalue weighted by atomic mass is 10.2. The molecule has 1 N–H and O–H groups in total. The maximum absolute atomic E-state index is 11.8. The normalized spacial score (nSPS) is 12.2. The van der Waals surface area contributed by atoms with Crippen molar-refractivity contribution in [2.45, 2.75) is 0 Å². The largest absolute Gasteiger partial charge is 0.496 e. The quantitative estimate of drug-likeness (QED) is 0.589. The minimum absolute atomic E-state index is 0.147. The molecular weight excluding hydrogens is 392 g/mol. The minimum Gasteiger partial charge on any atom is -0.496 e. The van der Waals surface area contributed by atoms with Crippen LogP contribution in [0.25, 0.3) is 0 Å². The number of amides is 1. The number of nitrogens with zero attached hydrogens (tertiary/aromatic N) is 1. The monoisotopic (exact) mass is 406 g/mol. The van der Waals surface area contributed by atoms with Gasteiger partial charge < -0.3 is 18.9 Å². The number of hydrogen-bond acceptors (Lipinski definition) is 6. The summed E-state index contributed by atoms with van der Waals surface area (Å²) >= 11 is 3.34. The third-order valence-corrected chi connectivity index (χ3v) is 3.78. The van der Waals surface area contributed by atoms with Crippen LogP contribution in [-0.4, -0.2) is 32.6 Å². The van der Waals surface area contributed by atoms with Crippen LogP contribution in [0.1, 0.15) is 5.56 Å². The first-order chi connectivity index (χ1) is 12.2. The van der Waals surface area contributed by atoms with E-state index in [2.05, 4.69) is 26.5 Å². The number of ether oxygens (including phenoxy) is 4. The number of carbonyl (C=O) groups excluding carboxylic acids is 1. The first-order valence-electron chi connectivity index (χ1n) is 7.33. The molecule has 25 heavy (non-hydrogen) atoms. The molecule has 0 fully saturated rings. The molecule has 1 heterocycles. The molecule has 0 spiro atoms. The van der Waals surface area contributed by atoms with Crippen LogP contribution in [0.4, 0.5) is 0 Å². The summed E-state index contributed by atoms with van der Waals surface area (Å²) in [6.45, 7) is 0.0226. The van der Waals surface area contributed by atoms with Gasteiger partial charge in [0.15, 0.2) is 18.1 Å². The Morgan fingerprint density at radius 2 is 2.12 bits per heavy atom. The molecule has 0 bridgehead atoms. The van der Waals surface area contributed by atoms with Crippen molar-refractivity contribution in [3.8, 4) is 23.0 Å². The van der Waals surface area contributed by atoms with Gasteiger partial charge in [0.2, 0.25) is 6.79 Å². The second-order valence-electron chi connectivity index (χ2n) is 4.99. The van der Waals surface area contributed by atoms with Gasteiger partial charge in [-0.25, -0.2) is 5.43 Å². The minimum atomic E-state index is -0.379. The summed E-state index contributed by atoms with van der Waals surface area (Å²) < 4.78 is 22.1. The molecule has 2 aromatic rings. The van der Waals surface area contributed by atoms with Crippen molar-refractivity contribution in [2.75, 3.05) is 20.5 Å². The Labute approximate surface area is 152 Å². The SMILES string of the molecule is COc1cc2c(cc1/C=N\NC(=O)COc1cccc(Br)c1)OCO2. The van der Waals surface area contributed by atoms with Crippen molar-refractivity contribution in [2.24, 2.45) is 5.10 Å². The number of hydrazone groups is 1. The van der Waals surface area contributed by atoms with E-state index in [4.69, 9.17) is 18.9 Å². The zero-order chi connectivity index (χ0) is 17.6. The molecule has 0 radical (unpaired) electrons. The van der Waals surface area contributed by atoms with Gasteiger partial charge in [0.05, 0.1) is 13.3 Å². The third-order valence-electron chi connectivity index (χ3n) is 3.28. The van der Waals surface area contributed by atoms with E-state index in [1.807, 2.05) is 12.1 Å². The number of benzene rings is 2. The van der Waals surface area contributed by atoms with Gasteiger partial charge in [-0.15, -0.1) is 0 Å². The molecular formula is C17H15BrN2O5. The smallest absolute Gasteiger partial charge is 0.277 e. The molecule has 1 aliphatic rings. The first-order valence-corrected chi connectivity index (χ1v) is 8.13. The van der Waals surface area contributed by atoms with Crippen LogP contribution in [-0.2, 0) is 4.79 Å². The Morgan fingerprint density at radius 3 is 2.88 bits per heavy atom. The Balaban J connectivity index is 1.57. The van der Waals surface area contributed by atoms with Crippen molar-refractivity contribution >= 4 is 28.1 Å². The predicted octanol–water partition coefficient (Wildman–Crippen LogP) is 2.72. The molecule has 8 heteroatoms. The van der Waals surface area contributed by atoms with Crippen molar-refractivity contribution in [3.63, 3.8) is 0 Å². The number of halogens is 1. The maximum Gasteiger partial charge on any atom is 0.277 e. The molecule has 1 aliphatic heterocycles. The highest BCUT2D eigenvalue weighted by Gasteiger charge is 2.17. The Hall–Kier alpha value is -2.74. The number of carbonyl (C=O) groups is 1. The standard InChI is InChI=1S/C17H15BrN2O5/c1-22-14-7-16-15(24-10-25-16)5-11(14)8-19-20-17(21)9-23-13-4-2-3-12(18)6-13/h2-8H,9-10H2,1H3,(H,20,21)/b19-8-. The number of rotatable bonds is 6. The third kappa shape index (κ3) is 4.42. The summed E-state index contributed by atoms with van der Waals surface area (Å²) in [4.78, 5) is 11.8. The highest BCUT2D eigenvalue weighted by atomic mass is 79.9. The highest BCUT2D eigenvalue weighted by Crippen LogP contribution is 2.37. The van der Waals surface area contributed by atoms with Gasteiger partial charge in [0.1, 0.15) is 11.5 Å². The fourth-order valence-electron chi connectivity index (χ4n) is 2.13. The van der Waals surface area contributed by atoms with Crippen molar-refractivity contribution < 1.29 is 23.7 Å². The summed E-state index contributed by atoms with van der Waals surface area (Å²) in [5.41, 5.74) is 3.05. The van der Waals surface area contributed by atoms with Gasteiger partial charge >= 0.3 is 0 Å². The molecule has 0 atom stereocenters. The lowest BCUT2D eigenvalue weighted by molar-refractivity contribution is -0.123. The fourth-order valence-corrected chi connectivity index (χ4v) is 2.51. The molecule has 0 saturated carbocycles. The van der Waals surface area contributed by atoms with E-state index in [9.17, 15) is 4.79 Å². The Kier molecular flexibility index (Phi) is 5.39. The Morgan fingerprint density at radius 1 is 1.32 bits per heavy atom. The van der Waals surface area contributed by atoms with Crippen LogP contribution >= 0.6 is 15.9 Å². The number of hydrogen-bond donors (Lipinski definition) is 1. The fraction of sp³-hybridized carbons (Fsp3) is 0.176. The summed E-state index contributed by atoms with van der Waals surface area (Å²) in [5, 5.41) is 3.92. The van der Waals surface area contributed by atoms with Crippen LogP contribution in [0.3, 0.4) is 0 Å². The van der Waals surface area contributed by atoms with E-state index >= 15 is 0 Å². The van der Waals surface area contributed by atoms with Gasteiger partial charge in [0.25, 0.3) is 5.91 Å². The van der Waals surface area contributed by atoms with Crippen molar-refractivity contribution in [1.82, 2.24) is 5.43 Å². The molecule has 3 rings (SSSR count). The zero-order valence-electron chi connectivity index (χ0n) is 13.3. The first kappa shape index (κ1) is 17.1. The van der Waals surface area contributed by atoms with Crippen molar-refractivity contribution in [3.05, 3.63) is 46.4 Å². The van der Waals surface area contributed by atoms with Gasteiger partial charge in [-0.05, 0) is 24.3 Å². The van der Waals surface area contributed by atoms with E-state index in [1.165, 1.54) is 6.21 Å². The van der Waals surface area contributed by atoms with Crippen LogP contribution in [0, 0.1) is 0 Å². The lowest BCUT2D eigenvalue weighted by Gasteiger charge is -2.07. The van der Waals surface area contributed by atoms with Crippen LogP contribution in [0.2, 0.25) is 0 Å². The van der Waals surface area contributed by atoms with Crippen LogP contribution in [0.5, 0.6) is 23.0 Å². The number of fused-ring (bicyclic) bond motifs is 1. The molecule has 130 valence electrons. The summed E-state index contributed by atoms with van der Waals surface area (Å²) in [6, 6.07) is 10.7. The molecule has 0 aliphatic carbocycles. The molecule has 0 unspecified atom stereocenters. The van der Waals surface area contributed by atoms with E-state index < -0.39 is 0 Å². The topological polar surface area (TPSA) is 78.4 Å². The number of nitrogens with one attached hydrogen (secondary N) is 1. The molecule has 1 amide bonds. The molecule has 2 aromatic carbocycles. The summed E-state index contributed by atoms with van der Waals surface area (Å²) in [7, 11) is 1.54. The summed E-state index contributed by atoms with van der Waals surface area (Å²) in [5.74, 6) is 1.99. The lowest BCUT2D eigenvalue weighted by Crippen LogP contribution is -2.24. The number of methoxy groups -OCH3 is 1. The Bertz CT molecular complexity index is 810. The van der Waals surface area contributed by atoms with Gasteiger partial charge in [-0.2, -0.15) is 5.10 Å². The average Bonchev–Trinajstić information content (AvgIpc) is 3.06. The maximum atomic E-state index is 11.8. The highest BCUT2D eigenvalue weighted by molar-refractivity contribution is 9.10. The molecule has 7 nitrogen and oxygen atoms in total. The van der Waals surface area contributed by atoms with E-state index in [-0.39, 0.29) is 19.3 Å². The average molecular weight is 407 g/mol. The van der Waals surface area contributed by atoms with E-state index in [0.717, 1.165) is 4.47 Å². The summed E-state index contributed by atoms with van der Waals surface area (Å²) in [6.07, 6.45) is 1.47. The second-order valence-corrected chi connectivity index (χ2v) is 5.90. The van der Waals surface area contributed by atoms with Crippen LogP contribution < -0.4 is 24.4 Å². The predicted molar refractivity (Wildman–Crippen MR) is 94.5 cm³/mol. The van der Waals surface area contributed by atoms with E-state index in [1.54, 1.807) is 31.4 Å². The van der Waals surface area contributed by atoms with Gasteiger partial charge in [0, 0.05) is 16.1 Å². The van der Waals surface area contributed by atoms with Gasteiger partial charge in [-0.3, -0.25) is 4.79 Å². The van der Waals surface area contributed by atoms with Crippen LogP contribution in [0.15, 0.2) is 46.0 Å². The van der Waals surface area contributed by atoms with E-state index in [0.29, 0.717) is 28.6 Å². The second kappa shape index (κ2) is 7.89. The van der Waals surface area contributed by atoms with Gasteiger partial charge in [-0.1, -0.05) is 22.0 Å². The molecule has 0 saturated heterocycles. The molecule has 0 aromatic heterocycles.